The zero-order chi connectivity index (χ0) is 29.7. The van der Waals surface area contributed by atoms with Gasteiger partial charge in [0.15, 0.2) is 17.6 Å². The van der Waals surface area contributed by atoms with Gasteiger partial charge in [-0.05, 0) is 84.6 Å². The summed E-state index contributed by atoms with van der Waals surface area (Å²) in [7, 11) is 1.48. The van der Waals surface area contributed by atoms with Gasteiger partial charge in [0.05, 0.1) is 25.5 Å². The molecule has 0 saturated carbocycles. The number of methoxy groups -OCH3 is 1. The fraction of sp³-hybridized carbons (Fsp3) is 0.206. The summed E-state index contributed by atoms with van der Waals surface area (Å²) in [6.07, 6.45) is 2.71. The van der Waals surface area contributed by atoms with Crippen molar-refractivity contribution in [1.29, 1.82) is 0 Å². The average Bonchev–Trinajstić information content (AvgIpc) is 3.02. The summed E-state index contributed by atoms with van der Waals surface area (Å²) in [5.41, 5.74) is 5.66. The second kappa shape index (κ2) is 15.0. The molecule has 0 radical (unpaired) electrons. The van der Waals surface area contributed by atoms with E-state index in [9.17, 15) is 9.59 Å². The van der Waals surface area contributed by atoms with Crippen LogP contribution >= 0.6 is 0 Å². The predicted molar refractivity (Wildman–Crippen MR) is 163 cm³/mol. The smallest absolute Gasteiger partial charge is 0.343 e. The van der Waals surface area contributed by atoms with Crippen LogP contribution in [0.1, 0.15) is 42.6 Å². The molecule has 0 fully saturated rings. The van der Waals surface area contributed by atoms with Gasteiger partial charge in [-0.25, -0.2) is 10.2 Å². The maximum atomic E-state index is 12.7. The number of unbranched alkanes of at least 4 members (excludes halogenated alkanes) is 1. The van der Waals surface area contributed by atoms with Gasteiger partial charge >= 0.3 is 5.97 Å². The van der Waals surface area contributed by atoms with Crippen LogP contribution in [0.25, 0.3) is 11.1 Å². The molecule has 216 valence electrons. The summed E-state index contributed by atoms with van der Waals surface area (Å²) in [5, 5.41) is 4.03. The fourth-order valence-corrected chi connectivity index (χ4v) is 3.90. The Labute approximate surface area is 245 Å². The summed E-state index contributed by atoms with van der Waals surface area (Å²) in [6, 6.07) is 29.3. The molecule has 8 heteroatoms. The molecule has 4 aromatic rings. The minimum Gasteiger partial charge on any atom is -0.494 e. The molecule has 1 N–H and O–H groups in total. The highest BCUT2D eigenvalue weighted by Crippen LogP contribution is 2.29. The first-order valence-electron chi connectivity index (χ1n) is 13.7. The van der Waals surface area contributed by atoms with Crippen molar-refractivity contribution in [3.05, 3.63) is 108 Å². The van der Waals surface area contributed by atoms with Crippen molar-refractivity contribution < 1.29 is 28.5 Å². The zero-order valence-electron chi connectivity index (χ0n) is 23.9. The lowest BCUT2D eigenvalue weighted by molar-refractivity contribution is -0.127. The highest BCUT2D eigenvalue weighted by atomic mass is 16.6. The van der Waals surface area contributed by atoms with E-state index in [-0.39, 0.29) is 5.75 Å². The number of hydrogen-bond donors (Lipinski definition) is 1. The molecule has 0 bridgehead atoms. The SMILES string of the molecule is CCCCOc1ccc(C(=O)Oc2ccc(/C=N/NC(=O)C(C)Oc3ccc(-c4ccccc4)cc3)cc2OC)cc1. The Hall–Kier alpha value is -5.11. The molecule has 42 heavy (non-hydrogen) atoms. The van der Waals surface area contributed by atoms with Gasteiger partial charge < -0.3 is 18.9 Å². The van der Waals surface area contributed by atoms with Gasteiger partial charge in [0.25, 0.3) is 5.91 Å². The first-order valence-corrected chi connectivity index (χ1v) is 13.7. The van der Waals surface area contributed by atoms with E-state index in [0.717, 1.165) is 24.0 Å². The van der Waals surface area contributed by atoms with E-state index < -0.39 is 18.0 Å². The van der Waals surface area contributed by atoms with Crippen LogP contribution in [0.4, 0.5) is 0 Å². The van der Waals surface area contributed by atoms with E-state index in [1.165, 1.54) is 13.3 Å². The molecule has 0 heterocycles. The maximum Gasteiger partial charge on any atom is 0.343 e. The quantitative estimate of drug-likeness (QED) is 0.0638. The van der Waals surface area contributed by atoms with E-state index in [0.29, 0.717) is 35.0 Å². The number of hydrazone groups is 1. The lowest BCUT2D eigenvalue weighted by Gasteiger charge is -2.13. The molecule has 0 saturated heterocycles. The van der Waals surface area contributed by atoms with Crippen molar-refractivity contribution >= 4 is 18.1 Å². The van der Waals surface area contributed by atoms with Gasteiger partial charge in [-0.3, -0.25) is 4.79 Å². The van der Waals surface area contributed by atoms with Crippen molar-refractivity contribution in [2.45, 2.75) is 32.8 Å². The number of ether oxygens (including phenoxy) is 4. The average molecular weight is 567 g/mol. The number of amides is 1. The Kier molecular flexibility index (Phi) is 10.7. The molecule has 0 spiro atoms. The first kappa shape index (κ1) is 29.9. The van der Waals surface area contributed by atoms with Crippen molar-refractivity contribution in [3.8, 4) is 34.1 Å². The molecule has 0 aliphatic heterocycles. The number of nitrogens with one attached hydrogen (secondary N) is 1. The van der Waals surface area contributed by atoms with Crippen LogP contribution in [0, 0.1) is 0 Å². The Morgan fingerprint density at radius 3 is 2.24 bits per heavy atom. The number of esters is 1. The van der Waals surface area contributed by atoms with Crippen molar-refractivity contribution in [1.82, 2.24) is 5.43 Å². The number of hydrogen-bond acceptors (Lipinski definition) is 7. The van der Waals surface area contributed by atoms with Crippen LogP contribution in [0.3, 0.4) is 0 Å². The monoisotopic (exact) mass is 566 g/mol. The van der Waals surface area contributed by atoms with Gasteiger partial charge in [0.1, 0.15) is 11.5 Å². The Bertz CT molecular complexity index is 1490. The Balaban J connectivity index is 1.29. The van der Waals surface area contributed by atoms with Crippen LogP contribution in [-0.4, -0.2) is 37.9 Å². The van der Waals surface area contributed by atoms with Crippen LogP contribution in [0.5, 0.6) is 23.0 Å². The minimum atomic E-state index is -0.766. The third kappa shape index (κ3) is 8.44. The fourth-order valence-electron chi connectivity index (χ4n) is 3.90. The Morgan fingerprint density at radius 1 is 0.857 bits per heavy atom. The summed E-state index contributed by atoms with van der Waals surface area (Å²) >= 11 is 0. The van der Waals surface area contributed by atoms with Gasteiger partial charge in [-0.15, -0.1) is 0 Å². The van der Waals surface area contributed by atoms with E-state index in [1.54, 1.807) is 49.4 Å². The molecule has 4 rings (SSSR count). The predicted octanol–water partition coefficient (Wildman–Crippen LogP) is 6.68. The second-order valence-electron chi connectivity index (χ2n) is 9.41. The van der Waals surface area contributed by atoms with E-state index in [4.69, 9.17) is 18.9 Å². The summed E-state index contributed by atoms with van der Waals surface area (Å²) in [4.78, 5) is 25.2. The number of carbonyl (C=O) groups excluding carboxylic acids is 2. The molecule has 1 atom stereocenters. The summed E-state index contributed by atoms with van der Waals surface area (Å²) in [5.74, 6) is 0.948. The molecular formula is C34H34N2O6. The molecular weight excluding hydrogens is 532 g/mol. The van der Waals surface area contributed by atoms with Crippen LogP contribution in [0.15, 0.2) is 102 Å². The topological polar surface area (TPSA) is 95.5 Å². The van der Waals surface area contributed by atoms with E-state index in [2.05, 4.69) is 17.5 Å². The Morgan fingerprint density at radius 2 is 1.55 bits per heavy atom. The zero-order valence-corrected chi connectivity index (χ0v) is 23.9. The number of nitrogens with zero attached hydrogens (tertiary/aromatic N) is 1. The molecule has 0 aliphatic carbocycles. The third-order valence-electron chi connectivity index (χ3n) is 6.28. The first-order chi connectivity index (χ1) is 20.5. The minimum absolute atomic E-state index is 0.257. The molecule has 8 nitrogen and oxygen atoms in total. The third-order valence-corrected chi connectivity index (χ3v) is 6.28. The molecule has 0 aromatic heterocycles. The molecule has 4 aromatic carbocycles. The van der Waals surface area contributed by atoms with Crippen LogP contribution in [0.2, 0.25) is 0 Å². The van der Waals surface area contributed by atoms with Crippen molar-refractivity contribution in [3.63, 3.8) is 0 Å². The van der Waals surface area contributed by atoms with Gasteiger partial charge in [0, 0.05) is 0 Å². The normalized spacial score (nSPS) is 11.5. The lowest BCUT2D eigenvalue weighted by atomic mass is 10.1. The standard InChI is InChI=1S/C34H34N2O6/c1-4-5-21-40-29-16-14-28(15-17-29)34(38)42-31-20-11-25(22-32(31)39-3)23-35-36-33(37)24(2)41-30-18-12-27(13-19-30)26-9-7-6-8-10-26/h6-20,22-24H,4-5,21H2,1-3H3,(H,36,37)/b35-23+. The maximum absolute atomic E-state index is 12.7. The molecule has 1 amide bonds. The number of rotatable bonds is 13. The molecule has 0 aliphatic rings. The van der Waals surface area contributed by atoms with Crippen molar-refractivity contribution in [2.75, 3.05) is 13.7 Å². The van der Waals surface area contributed by atoms with Crippen LogP contribution < -0.4 is 24.4 Å². The second-order valence-corrected chi connectivity index (χ2v) is 9.41. The van der Waals surface area contributed by atoms with Gasteiger partial charge in [-0.2, -0.15) is 5.10 Å². The van der Waals surface area contributed by atoms with E-state index >= 15 is 0 Å². The summed E-state index contributed by atoms with van der Waals surface area (Å²) in [6.45, 7) is 4.38. The van der Waals surface area contributed by atoms with Gasteiger partial charge in [-0.1, -0.05) is 55.8 Å². The van der Waals surface area contributed by atoms with Crippen molar-refractivity contribution in [2.24, 2.45) is 5.10 Å². The number of benzene rings is 4. The van der Waals surface area contributed by atoms with Gasteiger partial charge in [0.2, 0.25) is 0 Å². The highest BCUT2D eigenvalue weighted by Gasteiger charge is 2.15. The highest BCUT2D eigenvalue weighted by molar-refractivity contribution is 5.92. The molecule has 1 unspecified atom stereocenters. The summed E-state index contributed by atoms with van der Waals surface area (Å²) < 4.78 is 22.3. The van der Waals surface area contributed by atoms with Crippen LogP contribution in [-0.2, 0) is 4.79 Å². The largest absolute Gasteiger partial charge is 0.494 e. The van der Waals surface area contributed by atoms with E-state index in [1.807, 2.05) is 54.6 Å². The number of carbonyl (C=O) groups is 2. The lowest BCUT2D eigenvalue weighted by Crippen LogP contribution is -2.33.